The van der Waals surface area contributed by atoms with Crippen LogP contribution < -0.4 is 0 Å². The fourth-order valence-corrected chi connectivity index (χ4v) is 0.470. The van der Waals surface area contributed by atoms with Crippen molar-refractivity contribution in [2.24, 2.45) is 0 Å². The number of hydrogen-bond donors (Lipinski definition) is 0. The summed E-state index contributed by atoms with van der Waals surface area (Å²) >= 11 is 0. The molecule has 0 aliphatic heterocycles. The van der Waals surface area contributed by atoms with Crippen LogP contribution in [0.2, 0.25) is 0 Å². The SMILES string of the molecule is C.C.C.CCOC(=O)C[CH-]C(=O)OC.[CH2-]C.[Y]. The zero-order chi connectivity index (χ0) is 10.7. The van der Waals surface area contributed by atoms with Gasteiger partial charge in [0.25, 0.3) is 5.97 Å². The number of hydrogen-bond acceptors (Lipinski definition) is 4. The molecule has 0 saturated heterocycles. The minimum absolute atomic E-state index is 0. The van der Waals surface area contributed by atoms with E-state index in [-0.39, 0.29) is 61.4 Å². The van der Waals surface area contributed by atoms with Gasteiger partial charge in [-0.2, -0.15) is 6.92 Å². The third-order valence-corrected chi connectivity index (χ3v) is 0.942. The first kappa shape index (κ1) is 36.0. The molecule has 5 heteroatoms. The Morgan fingerprint density at radius 2 is 1.59 bits per heavy atom. The van der Waals surface area contributed by atoms with E-state index < -0.39 is 11.9 Å². The monoisotopic (exact) mass is 325 g/mol. The summed E-state index contributed by atoms with van der Waals surface area (Å²) < 4.78 is 8.84. The third-order valence-electron chi connectivity index (χ3n) is 0.942. The summed E-state index contributed by atoms with van der Waals surface area (Å²) in [7, 11) is 1.25. The maximum absolute atomic E-state index is 10.6. The Balaban J connectivity index is -0.0000000477. The van der Waals surface area contributed by atoms with Gasteiger partial charge in [0.05, 0.1) is 13.7 Å². The van der Waals surface area contributed by atoms with Gasteiger partial charge in [-0.3, -0.25) is 16.0 Å². The van der Waals surface area contributed by atoms with Gasteiger partial charge in [-0.1, -0.05) is 28.7 Å². The zero-order valence-corrected chi connectivity index (χ0v) is 11.7. The van der Waals surface area contributed by atoms with Crippen LogP contribution in [0, 0.1) is 13.3 Å². The molecule has 0 spiro atoms. The Morgan fingerprint density at radius 1 is 1.18 bits per heavy atom. The molecule has 0 atom stereocenters. The van der Waals surface area contributed by atoms with Crippen molar-refractivity contribution in [2.45, 2.75) is 42.5 Å². The van der Waals surface area contributed by atoms with Gasteiger partial charge < -0.3 is 16.4 Å². The molecule has 105 valence electrons. The van der Waals surface area contributed by atoms with Gasteiger partial charge in [-0.25, -0.2) is 0 Å². The van der Waals surface area contributed by atoms with Gasteiger partial charge in [0.1, 0.15) is 0 Å². The molecular weight excluding hydrogens is 297 g/mol. The zero-order valence-electron chi connectivity index (χ0n) is 8.91. The molecule has 0 aliphatic carbocycles. The molecular formula is C12H28O4Y-2. The number of esters is 2. The first-order valence-electron chi connectivity index (χ1n) is 3.98. The Hall–Kier alpha value is -0.0861. The maximum atomic E-state index is 10.6. The van der Waals surface area contributed by atoms with Crippen molar-refractivity contribution in [1.29, 1.82) is 0 Å². The van der Waals surface area contributed by atoms with E-state index in [0.717, 1.165) is 6.42 Å². The van der Waals surface area contributed by atoms with Gasteiger partial charge in [-0.15, -0.1) is 0 Å². The van der Waals surface area contributed by atoms with Gasteiger partial charge in [0.15, 0.2) is 5.97 Å². The van der Waals surface area contributed by atoms with E-state index in [1.54, 1.807) is 13.8 Å². The van der Waals surface area contributed by atoms with Crippen molar-refractivity contribution in [3.05, 3.63) is 13.3 Å². The fraction of sp³-hybridized carbons (Fsp3) is 0.667. The van der Waals surface area contributed by atoms with Crippen LogP contribution in [0.15, 0.2) is 0 Å². The van der Waals surface area contributed by atoms with Crippen LogP contribution in [-0.4, -0.2) is 25.7 Å². The predicted octanol–water partition coefficient (Wildman–Crippen LogP) is 3.06. The molecule has 0 rings (SSSR count). The van der Waals surface area contributed by atoms with Gasteiger partial charge >= 0.3 is 0 Å². The van der Waals surface area contributed by atoms with Crippen LogP contribution in [0.4, 0.5) is 0 Å². The first-order valence-corrected chi connectivity index (χ1v) is 3.98. The average Bonchev–Trinajstić information content (AvgIpc) is 2.18. The largest absolute Gasteiger partial charge is 0.491 e. The summed E-state index contributed by atoms with van der Waals surface area (Å²) in [4.78, 5) is 21.0. The summed E-state index contributed by atoms with van der Waals surface area (Å²) in [5, 5.41) is 0. The number of carbonyl (C=O) groups is 2. The molecule has 4 nitrogen and oxygen atoms in total. The Bertz CT molecular complexity index is 149. The molecule has 0 saturated carbocycles. The molecule has 0 aromatic carbocycles. The summed E-state index contributed by atoms with van der Waals surface area (Å²) in [6.45, 7) is 7.03. The fourth-order valence-electron chi connectivity index (χ4n) is 0.470. The quantitative estimate of drug-likeness (QED) is 0.589. The van der Waals surface area contributed by atoms with Crippen LogP contribution in [0.25, 0.3) is 0 Å². The average molecular weight is 325 g/mol. The van der Waals surface area contributed by atoms with Crippen LogP contribution in [0.5, 0.6) is 0 Å². The number of methoxy groups -OCH3 is 1. The molecule has 0 fully saturated rings. The second kappa shape index (κ2) is 29.7. The van der Waals surface area contributed by atoms with Crippen molar-refractivity contribution in [3.63, 3.8) is 0 Å². The van der Waals surface area contributed by atoms with E-state index in [4.69, 9.17) is 0 Å². The van der Waals surface area contributed by atoms with Crippen molar-refractivity contribution >= 4 is 11.9 Å². The topological polar surface area (TPSA) is 52.6 Å². The Morgan fingerprint density at radius 3 is 1.88 bits per heavy atom. The number of carbonyl (C=O) groups excluding carboxylic acids is 2. The van der Waals surface area contributed by atoms with E-state index in [1.807, 2.05) is 0 Å². The van der Waals surface area contributed by atoms with Gasteiger partial charge in [0, 0.05) is 32.7 Å². The van der Waals surface area contributed by atoms with E-state index in [1.165, 1.54) is 7.11 Å². The molecule has 17 heavy (non-hydrogen) atoms. The molecule has 0 unspecified atom stereocenters. The summed E-state index contributed by atoms with van der Waals surface area (Å²) in [6.07, 6.45) is 1.11. The maximum Gasteiger partial charge on any atom is 0.278 e. The van der Waals surface area contributed by atoms with Crippen LogP contribution in [-0.2, 0) is 51.8 Å². The molecule has 0 amide bonds. The van der Waals surface area contributed by atoms with Crippen LogP contribution >= 0.6 is 0 Å². The van der Waals surface area contributed by atoms with Crippen molar-refractivity contribution in [3.8, 4) is 0 Å². The van der Waals surface area contributed by atoms with Gasteiger partial charge in [0.2, 0.25) is 0 Å². The minimum Gasteiger partial charge on any atom is -0.491 e. The molecule has 0 aromatic rings. The number of ether oxygens (including phenoxy) is 2. The molecule has 1 radical (unpaired) electrons. The van der Waals surface area contributed by atoms with Crippen molar-refractivity contribution < 1.29 is 51.8 Å². The summed E-state index contributed by atoms with van der Waals surface area (Å²) in [5.74, 6) is -0.934. The second-order valence-corrected chi connectivity index (χ2v) is 1.74. The van der Waals surface area contributed by atoms with Crippen LogP contribution in [0.3, 0.4) is 0 Å². The second-order valence-electron chi connectivity index (χ2n) is 1.74. The van der Waals surface area contributed by atoms with Crippen LogP contribution in [0.1, 0.15) is 42.5 Å². The molecule has 0 heterocycles. The normalized spacial score (nSPS) is 5.88. The van der Waals surface area contributed by atoms with Crippen molar-refractivity contribution in [1.82, 2.24) is 0 Å². The minimum atomic E-state index is -0.516. The van der Waals surface area contributed by atoms with E-state index in [2.05, 4.69) is 16.4 Å². The van der Waals surface area contributed by atoms with E-state index >= 15 is 0 Å². The molecule has 0 N–H and O–H groups in total. The smallest absolute Gasteiger partial charge is 0.278 e. The Kier molecular flexibility index (Phi) is 62.9. The van der Waals surface area contributed by atoms with Crippen molar-refractivity contribution in [2.75, 3.05) is 13.7 Å². The Labute approximate surface area is 133 Å². The molecule has 0 aromatic heterocycles. The summed E-state index contributed by atoms with van der Waals surface area (Å²) in [6, 6.07) is 0. The predicted molar refractivity (Wildman–Crippen MR) is 68.8 cm³/mol. The number of rotatable bonds is 4. The summed E-state index contributed by atoms with van der Waals surface area (Å²) in [5.41, 5.74) is 0. The third kappa shape index (κ3) is 31.3. The molecule has 0 bridgehead atoms. The first-order chi connectivity index (χ1) is 6.20. The van der Waals surface area contributed by atoms with E-state index in [0.29, 0.717) is 6.61 Å². The van der Waals surface area contributed by atoms with Gasteiger partial charge in [-0.05, 0) is 6.92 Å². The molecule has 0 aliphatic rings. The van der Waals surface area contributed by atoms with E-state index in [9.17, 15) is 9.59 Å². The standard InChI is InChI=1S/C7H11O4.C2H5.3CH4.Y/c1-3-11-7(9)5-4-6(8)10-2;1-2;;;;/h4H,3,5H2,1-2H3;1H2,2H3;3*1H4;/q2*-1;;;;.